The molecular weight excluding hydrogens is 394 g/mol. The van der Waals surface area contributed by atoms with Crippen LogP contribution in [0.15, 0.2) is 90.0 Å². The minimum Gasteiger partial charge on any atom is -0.340 e. The largest absolute Gasteiger partial charge is 0.340 e. The van der Waals surface area contributed by atoms with Crippen molar-refractivity contribution in [2.45, 2.75) is 6.92 Å². The number of nitrogens with one attached hydrogen (secondary N) is 2. The van der Waals surface area contributed by atoms with Crippen molar-refractivity contribution >= 4 is 35.1 Å². The van der Waals surface area contributed by atoms with Gasteiger partial charge in [0.15, 0.2) is 11.6 Å². The lowest BCUT2D eigenvalue weighted by atomic mass is 10.2. The van der Waals surface area contributed by atoms with Crippen LogP contribution in [0.1, 0.15) is 11.1 Å². The molecule has 1 aromatic heterocycles. The van der Waals surface area contributed by atoms with Crippen LogP contribution < -0.4 is 10.7 Å². The summed E-state index contributed by atoms with van der Waals surface area (Å²) in [6.07, 6.45) is 1.76. The first-order valence-electron chi connectivity index (χ1n) is 9.48. The first-order valence-corrected chi connectivity index (χ1v) is 9.86. The zero-order valence-corrected chi connectivity index (χ0v) is 17.1. The monoisotopic (exact) mass is 413 g/mol. The summed E-state index contributed by atoms with van der Waals surface area (Å²) in [5.74, 6) is 1.84. The lowest BCUT2D eigenvalue weighted by Gasteiger charge is -2.10. The van der Waals surface area contributed by atoms with Crippen molar-refractivity contribution in [3.63, 3.8) is 0 Å². The number of hydrazone groups is 1. The van der Waals surface area contributed by atoms with Gasteiger partial charge in [-0.2, -0.15) is 5.10 Å². The number of rotatable bonds is 6. The van der Waals surface area contributed by atoms with E-state index < -0.39 is 0 Å². The first-order chi connectivity index (χ1) is 14.7. The molecule has 0 aliphatic rings. The van der Waals surface area contributed by atoms with Crippen LogP contribution in [-0.2, 0) is 0 Å². The third-order valence-electron chi connectivity index (χ3n) is 4.34. The average molecular weight is 414 g/mol. The number of hydrogen-bond donors (Lipinski definition) is 2. The number of halogens is 1. The molecule has 30 heavy (non-hydrogen) atoms. The van der Waals surface area contributed by atoms with Crippen LogP contribution >= 0.6 is 11.6 Å². The van der Waals surface area contributed by atoms with E-state index in [0.29, 0.717) is 22.5 Å². The zero-order chi connectivity index (χ0) is 20.8. The van der Waals surface area contributed by atoms with Crippen LogP contribution in [0.25, 0.3) is 11.4 Å². The summed E-state index contributed by atoms with van der Waals surface area (Å²) in [7, 11) is 0. The summed E-state index contributed by atoms with van der Waals surface area (Å²) in [5, 5.41) is 8.30. The van der Waals surface area contributed by atoms with Crippen LogP contribution in [0.5, 0.6) is 0 Å². The molecular formula is C24H20ClN5. The van der Waals surface area contributed by atoms with Gasteiger partial charge in [-0.05, 0) is 36.8 Å². The SMILES string of the molecule is Cc1ccc(/C=N/Nc2cc(Nc3ccc(Cl)cc3)nc(-c3ccccc3)n2)cc1. The normalized spacial score (nSPS) is 10.9. The van der Waals surface area contributed by atoms with Crippen LogP contribution in [0.2, 0.25) is 5.02 Å². The molecule has 6 heteroatoms. The van der Waals surface area contributed by atoms with Crippen molar-refractivity contribution < 1.29 is 0 Å². The van der Waals surface area contributed by atoms with Gasteiger partial charge in [-0.15, -0.1) is 0 Å². The number of aryl methyl sites for hydroxylation is 1. The Morgan fingerprint density at radius 1 is 0.833 bits per heavy atom. The highest BCUT2D eigenvalue weighted by molar-refractivity contribution is 6.30. The molecule has 3 aromatic carbocycles. The van der Waals surface area contributed by atoms with E-state index in [1.165, 1.54) is 5.56 Å². The standard InChI is InChI=1S/C24H20ClN5/c1-17-7-9-18(10-8-17)16-26-30-23-15-22(27-21-13-11-20(25)12-14-21)28-24(29-23)19-5-3-2-4-6-19/h2-16H,1H3,(H2,27,28,29,30)/b26-16+. The molecule has 0 amide bonds. The molecule has 0 spiro atoms. The van der Waals surface area contributed by atoms with E-state index in [2.05, 4.69) is 32.7 Å². The molecule has 0 radical (unpaired) electrons. The van der Waals surface area contributed by atoms with Crippen LogP contribution in [0.4, 0.5) is 17.3 Å². The molecule has 5 nitrogen and oxygen atoms in total. The molecule has 4 rings (SSSR count). The molecule has 0 aliphatic heterocycles. The molecule has 0 aliphatic carbocycles. The summed E-state index contributed by atoms with van der Waals surface area (Å²) in [6, 6.07) is 27.2. The predicted molar refractivity (Wildman–Crippen MR) is 125 cm³/mol. The maximum absolute atomic E-state index is 5.98. The molecule has 0 bridgehead atoms. The fraction of sp³-hybridized carbons (Fsp3) is 0.0417. The quantitative estimate of drug-likeness (QED) is 0.288. The second-order valence-corrected chi connectivity index (χ2v) is 7.18. The molecule has 0 saturated heterocycles. The molecule has 1 heterocycles. The second-order valence-electron chi connectivity index (χ2n) is 6.74. The van der Waals surface area contributed by atoms with E-state index in [1.807, 2.05) is 84.9 Å². The Bertz CT molecular complexity index is 1140. The van der Waals surface area contributed by atoms with Gasteiger partial charge in [0, 0.05) is 22.3 Å². The summed E-state index contributed by atoms with van der Waals surface area (Å²) < 4.78 is 0. The van der Waals surface area contributed by atoms with E-state index in [1.54, 1.807) is 6.21 Å². The van der Waals surface area contributed by atoms with Gasteiger partial charge in [-0.1, -0.05) is 71.8 Å². The lowest BCUT2D eigenvalue weighted by molar-refractivity contribution is 1.15. The maximum Gasteiger partial charge on any atom is 0.163 e. The number of hydrogen-bond acceptors (Lipinski definition) is 5. The van der Waals surface area contributed by atoms with Gasteiger partial charge in [0.25, 0.3) is 0 Å². The van der Waals surface area contributed by atoms with Gasteiger partial charge in [-0.25, -0.2) is 9.97 Å². The van der Waals surface area contributed by atoms with Crippen LogP contribution in [0, 0.1) is 6.92 Å². The van der Waals surface area contributed by atoms with E-state index in [4.69, 9.17) is 11.6 Å². The molecule has 2 N–H and O–H groups in total. The Kier molecular flexibility index (Phi) is 6.01. The molecule has 0 fully saturated rings. The molecule has 4 aromatic rings. The van der Waals surface area contributed by atoms with Crippen molar-refractivity contribution in [2.75, 3.05) is 10.7 Å². The minimum absolute atomic E-state index is 0.587. The van der Waals surface area contributed by atoms with Gasteiger partial charge in [-0.3, -0.25) is 5.43 Å². The van der Waals surface area contributed by atoms with Crippen molar-refractivity contribution in [3.05, 3.63) is 101 Å². The third kappa shape index (κ3) is 5.21. The maximum atomic E-state index is 5.98. The smallest absolute Gasteiger partial charge is 0.163 e. The van der Waals surface area contributed by atoms with Gasteiger partial charge >= 0.3 is 0 Å². The van der Waals surface area contributed by atoms with Crippen molar-refractivity contribution in [1.29, 1.82) is 0 Å². The van der Waals surface area contributed by atoms with E-state index >= 15 is 0 Å². The van der Waals surface area contributed by atoms with Crippen LogP contribution in [0.3, 0.4) is 0 Å². The molecule has 0 saturated carbocycles. The van der Waals surface area contributed by atoms with E-state index in [-0.39, 0.29) is 0 Å². The minimum atomic E-state index is 0.587. The Morgan fingerprint density at radius 3 is 2.27 bits per heavy atom. The Labute approximate surface area is 180 Å². The number of benzene rings is 3. The highest BCUT2D eigenvalue weighted by Gasteiger charge is 2.07. The fourth-order valence-electron chi connectivity index (χ4n) is 2.79. The highest BCUT2D eigenvalue weighted by atomic mass is 35.5. The predicted octanol–water partition coefficient (Wildman–Crippen LogP) is 6.30. The summed E-state index contributed by atoms with van der Waals surface area (Å²) in [6.45, 7) is 2.06. The zero-order valence-electron chi connectivity index (χ0n) is 16.4. The van der Waals surface area contributed by atoms with E-state index in [9.17, 15) is 0 Å². The summed E-state index contributed by atoms with van der Waals surface area (Å²) >= 11 is 5.98. The van der Waals surface area contributed by atoms with Gasteiger partial charge < -0.3 is 5.32 Å². The Balaban J connectivity index is 1.61. The second kappa shape index (κ2) is 9.20. The lowest BCUT2D eigenvalue weighted by Crippen LogP contribution is -2.01. The molecule has 0 unspecified atom stereocenters. The third-order valence-corrected chi connectivity index (χ3v) is 4.60. The molecule has 148 valence electrons. The fourth-order valence-corrected chi connectivity index (χ4v) is 2.92. The van der Waals surface area contributed by atoms with Gasteiger partial charge in [0.2, 0.25) is 0 Å². The van der Waals surface area contributed by atoms with Gasteiger partial charge in [0.1, 0.15) is 5.82 Å². The van der Waals surface area contributed by atoms with Crippen molar-refractivity contribution in [1.82, 2.24) is 9.97 Å². The number of anilines is 3. The average Bonchev–Trinajstić information content (AvgIpc) is 2.77. The summed E-state index contributed by atoms with van der Waals surface area (Å²) in [5.41, 5.74) is 7.02. The van der Waals surface area contributed by atoms with Crippen LogP contribution in [-0.4, -0.2) is 16.2 Å². The van der Waals surface area contributed by atoms with Gasteiger partial charge in [0.05, 0.1) is 6.21 Å². The summed E-state index contributed by atoms with van der Waals surface area (Å²) in [4.78, 5) is 9.26. The number of aromatic nitrogens is 2. The van der Waals surface area contributed by atoms with Crippen molar-refractivity contribution in [3.8, 4) is 11.4 Å². The van der Waals surface area contributed by atoms with Crippen molar-refractivity contribution in [2.24, 2.45) is 5.10 Å². The van der Waals surface area contributed by atoms with E-state index in [0.717, 1.165) is 16.8 Å². The topological polar surface area (TPSA) is 62.2 Å². The first kappa shape index (κ1) is 19.6. The Morgan fingerprint density at radius 2 is 1.53 bits per heavy atom. The number of nitrogens with zero attached hydrogens (tertiary/aromatic N) is 3. The Hall–Kier alpha value is -3.70. The molecule has 0 atom stereocenters. The highest BCUT2D eigenvalue weighted by Crippen LogP contribution is 2.23.